The van der Waals surface area contributed by atoms with E-state index in [1.165, 1.54) is 10.8 Å². The third-order valence-electron chi connectivity index (χ3n) is 4.91. The molecule has 1 saturated heterocycles. The molecule has 0 N–H and O–H groups in total. The van der Waals surface area contributed by atoms with E-state index >= 15 is 0 Å². The average molecular weight is 336 g/mol. The van der Waals surface area contributed by atoms with E-state index in [2.05, 4.69) is 21.9 Å². The molecule has 1 fully saturated rings. The Morgan fingerprint density at radius 2 is 1.80 bits per heavy atom. The van der Waals surface area contributed by atoms with E-state index in [4.69, 9.17) is 0 Å². The van der Waals surface area contributed by atoms with Crippen LogP contribution in [-0.4, -0.2) is 38.0 Å². The van der Waals surface area contributed by atoms with Crippen molar-refractivity contribution in [2.75, 3.05) is 13.1 Å². The van der Waals surface area contributed by atoms with E-state index in [0.29, 0.717) is 11.6 Å². The molecule has 0 saturated carbocycles. The van der Waals surface area contributed by atoms with Gasteiger partial charge in [-0.1, -0.05) is 12.1 Å². The largest absolute Gasteiger partial charge is 0.351 e. The minimum atomic E-state index is -0.241. The van der Waals surface area contributed by atoms with Crippen LogP contribution >= 0.6 is 0 Å². The molecule has 3 aromatic rings. The number of carbonyl (C=O) groups excluding carboxylic acids is 1. The fourth-order valence-electron chi connectivity index (χ4n) is 3.52. The number of benzene rings is 1. The number of para-hydroxylation sites is 2. The molecule has 4 rings (SSSR count). The highest BCUT2D eigenvalue weighted by Crippen LogP contribution is 2.22. The summed E-state index contributed by atoms with van der Waals surface area (Å²) < 4.78 is 3.73. The van der Waals surface area contributed by atoms with Crippen molar-refractivity contribution in [2.45, 2.75) is 25.4 Å². The van der Waals surface area contributed by atoms with Gasteiger partial charge in [-0.05, 0) is 37.1 Å². The zero-order valence-corrected chi connectivity index (χ0v) is 13.9. The maximum Gasteiger partial charge on any atom is 0.269 e. The van der Waals surface area contributed by atoms with Gasteiger partial charge < -0.3 is 9.47 Å². The van der Waals surface area contributed by atoms with E-state index in [0.717, 1.165) is 31.4 Å². The van der Waals surface area contributed by atoms with Gasteiger partial charge in [0.15, 0.2) is 0 Å². The third kappa shape index (κ3) is 3.07. The van der Waals surface area contributed by atoms with E-state index in [1.807, 2.05) is 41.3 Å². The van der Waals surface area contributed by atoms with E-state index < -0.39 is 0 Å². The van der Waals surface area contributed by atoms with Gasteiger partial charge in [0.1, 0.15) is 6.54 Å². The number of likely N-dealkylation sites (tertiary alicyclic amines) is 1. The van der Waals surface area contributed by atoms with Gasteiger partial charge in [-0.25, -0.2) is 4.98 Å². The van der Waals surface area contributed by atoms with Gasteiger partial charge in [0, 0.05) is 31.5 Å². The van der Waals surface area contributed by atoms with Gasteiger partial charge in [-0.2, -0.15) is 0 Å². The van der Waals surface area contributed by atoms with Crippen molar-refractivity contribution < 1.29 is 4.79 Å². The molecule has 2 aromatic heterocycles. The SMILES string of the molecule is O=C(Cn1c(=O)cnc2ccccc21)N1CCC(n2cccc2)CC1. The summed E-state index contributed by atoms with van der Waals surface area (Å²) >= 11 is 0. The Balaban J connectivity index is 1.48. The Hall–Kier alpha value is -2.89. The lowest BCUT2D eigenvalue weighted by atomic mass is 10.0. The molecule has 0 bridgehead atoms. The number of piperidine rings is 1. The molecule has 6 heteroatoms. The first-order valence-electron chi connectivity index (χ1n) is 8.57. The zero-order valence-electron chi connectivity index (χ0n) is 13.9. The van der Waals surface area contributed by atoms with Crippen LogP contribution < -0.4 is 5.56 Å². The maximum absolute atomic E-state index is 12.7. The monoisotopic (exact) mass is 336 g/mol. The Morgan fingerprint density at radius 3 is 2.56 bits per heavy atom. The first kappa shape index (κ1) is 15.6. The van der Waals surface area contributed by atoms with Crippen molar-refractivity contribution in [3.63, 3.8) is 0 Å². The van der Waals surface area contributed by atoms with Crippen LogP contribution in [0.5, 0.6) is 0 Å². The third-order valence-corrected chi connectivity index (χ3v) is 4.91. The molecule has 0 radical (unpaired) electrons. The Bertz CT molecular complexity index is 937. The van der Waals surface area contributed by atoms with E-state index in [1.54, 1.807) is 0 Å². The van der Waals surface area contributed by atoms with Crippen molar-refractivity contribution in [3.8, 4) is 0 Å². The van der Waals surface area contributed by atoms with Crippen molar-refractivity contribution in [1.29, 1.82) is 0 Å². The van der Waals surface area contributed by atoms with Crippen LogP contribution in [0, 0.1) is 0 Å². The van der Waals surface area contributed by atoms with Crippen LogP contribution in [0.4, 0.5) is 0 Å². The van der Waals surface area contributed by atoms with Gasteiger partial charge in [0.25, 0.3) is 5.56 Å². The smallest absolute Gasteiger partial charge is 0.269 e. The number of aromatic nitrogens is 3. The van der Waals surface area contributed by atoms with Crippen LogP contribution in [0.3, 0.4) is 0 Å². The highest BCUT2D eigenvalue weighted by Gasteiger charge is 2.24. The highest BCUT2D eigenvalue weighted by atomic mass is 16.2. The molecule has 1 aromatic carbocycles. The highest BCUT2D eigenvalue weighted by molar-refractivity contribution is 5.80. The maximum atomic E-state index is 12.7. The first-order chi connectivity index (χ1) is 12.2. The minimum absolute atomic E-state index is 0.00981. The van der Waals surface area contributed by atoms with Crippen molar-refractivity contribution in [2.24, 2.45) is 0 Å². The van der Waals surface area contributed by atoms with Crippen LogP contribution in [0.15, 0.2) is 59.8 Å². The normalized spacial score (nSPS) is 15.6. The molecule has 0 aliphatic carbocycles. The van der Waals surface area contributed by atoms with Gasteiger partial charge >= 0.3 is 0 Å². The van der Waals surface area contributed by atoms with Gasteiger partial charge in [-0.3, -0.25) is 14.2 Å². The van der Waals surface area contributed by atoms with Gasteiger partial charge in [0.05, 0.1) is 17.2 Å². The van der Waals surface area contributed by atoms with E-state index in [-0.39, 0.29) is 18.0 Å². The number of fused-ring (bicyclic) bond motifs is 1. The van der Waals surface area contributed by atoms with Crippen LogP contribution in [0.2, 0.25) is 0 Å². The van der Waals surface area contributed by atoms with E-state index in [9.17, 15) is 9.59 Å². The second-order valence-corrected chi connectivity index (χ2v) is 6.41. The second kappa shape index (κ2) is 6.55. The predicted octanol–water partition coefficient (Wildman–Crippen LogP) is 2.06. The molecular formula is C19H20N4O2. The molecule has 0 atom stereocenters. The van der Waals surface area contributed by atoms with Gasteiger partial charge in [0.2, 0.25) is 5.91 Å². The lowest BCUT2D eigenvalue weighted by Gasteiger charge is -2.33. The molecule has 0 spiro atoms. The Kier molecular flexibility index (Phi) is 4.09. The zero-order chi connectivity index (χ0) is 17.2. The molecule has 0 unspecified atom stereocenters. The number of hydrogen-bond acceptors (Lipinski definition) is 3. The second-order valence-electron chi connectivity index (χ2n) is 6.41. The molecule has 25 heavy (non-hydrogen) atoms. The van der Waals surface area contributed by atoms with Crippen LogP contribution in [0.25, 0.3) is 11.0 Å². The first-order valence-corrected chi connectivity index (χ1v) is 8.57. The summed E-state index contributed by atoms with van der Waals surface area (Å²) in [5.74, 6) is -0.00981. The molecule has 128 valence electrons. The molecule has 6 nitrogen and oxygen atoms in total. The molecule has 1 aliphatic heterocycles. The summed E-state index contributed by atoms with van der Waals surface area (Å²) in [6, 6.07) is 11.9. The van der Waals surface area contributed by atoms with Crippen molar-refractivity contribution >= 4 is 16.9 Å². The summed E-state index contributed by atoms with van der Waals surface area (Å²) in [5.41, 5.74) is 1.18. The molecular weight excluding hydrogens is 316 g/mol. The molecule has 3 heterocycles. The predicted molar refractivity (Wildman–Crippen MR) is 95.3 cm³/mol. The van der Waals surface area contributed by atoms with Gasteiger partial charge in [-0.15, -0.1) is 0 Å². The quantitative estimate of drug-likeness (QED) is 0.735. The fourth-order valence-corrected chi connectivity index (χ4v) is 3.52. The van der Waals surface area contributed by atoms with Crippen molar-refractivity contribution in [1.82, 2.24) is 19.0 Å². The average Bonchev–Trinajstić information content (AvgIpc) is 3.19. The number of amides is 1. The summed E-state index contributed by atoms with van der Waals surface area (Å²) in [6.07, 6.45) is 7.31. The summed E-state index contributed by atoms with van der Waals surface area (Å²) in [7, 11) is 0. The minimum Gasteiger partial charge on any atom is -0.351 e. The number of rotatable bonds is 3. The molecule has 1 amide bonds. The summed E-state index contributed by atoms with van der Waals surface area (Å²) in [5, 5.41) is 0. The van der Waals surface area contributed by atoms with Crippen LogP contribution in [-0.2, 0) is 11.3 Å². The van der Waals surface area contributed by atoms with Crippen molar-refractivity contribution in [3.05, 3.63) is 65.3 Å². The number of hydrogen-bond donors (Lipinski definition) is 0. The standard InChI is InChI=1S/C19H20N4O2/c24-18-13-20-16-5-1-2-6-17(16)23(18)14-19(25)22-11-7-15(8-12-22)21-9-3-4-10-21/h1-6,9-10,13,15H,7-8,11-12,14H2. The van der Waals surface area contributed by atoms with Crippen LogP contribution in [0.1, 0.15) is 18.9 Å². The molecule has 1 aliphatic rings. The summed E-state index contributed by atoms with van der Waals surface area (Å²) in [6.45, 7) is 1.51. The Morgan fingerprint density at radius 1 is 1.08 bits per heavy atom. The topological polar surface area (TPSA) is 60.1 Å². The number of carbonyl (C=O) groups is 1. The Labute approximate surface area is 145 Å². The number of nitrogens with zero attached hydrogens (tertiary/aromatic N) is 4. The fraction of sp³-hybridized carbons (Fsp3) is 0.316. The lowest BCUT2D eigenvalue weighted by Crippen LogP contribution is -2.41. The lowest BCUT2D eigenvalue weighted by molar-refractivity contribution is -0.133. The summed E-state index contributed by atoms with van der Waals surface area (Å²) in [4.78, 5) is 30.9.